The first kappa shape index (κ1) is 23.2. The van der Waals surface area contributed by atoms with E-state index in [2.05, 4.69) is 21.5 Å². The molecule has 2 aromatic carbocycles. The van der Waals surface area contributed by atoms with E-state index in [9.17, 15) is 4.79 Å². The normalized spacial score (nSPS) is 11.9. The molecule has 1 N–H and O–H groups in total. The number of Topliss-reactive ketones (excluding diaryl/α,β-unsaturated/α-hetero) is 1. The summed E-state index contributed by atoms with van der Waals surface area (Å²) >= 11 is 0. The van der Waals surface area contributed by atoms with Gasteiger partial charge >= 0.3 is 0 Å². The molecule has 0 bridgehead atoms. The van der Waals surface area contributed by atoms with Crippen LogP contribution in [-0.2, 0) is 13.5 Å². The number of pyridine rings is 1. The summed E-state index contributed by atoms with van der Waals surface area (Å²) in [5.74, 6) is 0.684. The summed E-state index contributed by atoms with van der Waals surface area (Å²) < 4.78 is 3.73. The number of aryl methyl sites for hydroxylation is 2. The predicted molar refractivity (Wildman–Crippen MR) is 139 cm³/mol. The van der Waals surface area contributed by atoms with Crippen LogP contribution in [0, 0.1) is 18.3 Å². The number of imidazole rings is 1. The summed E-state index contributed by atoms with van der Waals surface area (Å²) in [7, 11) is 1.89. The maximum absolute atomic E-state index is 13.9. The number of benzene rings is 2. The molecule has 0 spiro atoms. The third kappa shape index (κ3) is 4.67. The van der Waals surface area contributed by atoms with Crippen LogP contribution in [-0.4, -0.2) is 31.5 Å². The van der Waals surface area contributed by atoms with Gasteiger partial charge in [-0.25, -0.2) is 4.98 Å². The first-order chi connectivity index (χ1) is 17.5. The second-order valence-electron chi connectivity index (χ2n) is 8.80. The van der Waals surface area contributed by atoms with Gasteiger partial charge in [0, 0.05) is 37.1 Å². The van der Waals surface area contributed by atoms with E-state index in [0.717, 1.165) is 40.0 Å². The van der Waals surface area contributed by atoms with E-state index in [0.29, 0.717) is 17.8 Å². The van der Waals surface area contributed by atoms with Gasteiger partial charge in [0.1, 0.15) is 11.5 Å². The maximum Gasteiger partial charge on any atom is 0.204 e. The second kappa shape index (κ2) is 9.98. The van der Waals surface area contributed by atoms with Crippen molar-refractivity contribution in [2.45, 2.75) is 19.4 Å². The predicted octanol–water partition coefficient (Wildman–Crippen LogP) is 4.67. The number of nitrogens with zero attached hydrogens (tertiary/aromatic N) is 5. The molecule has 0 aliphatic heterocycles. The Kier molecular flexibility index (Phi) is 6.44. The van der Waals surface area contributed by atoms with E-state index in [1.54, 1.807) is 4.68 Å². The molecule has 1 atom stereocenters. The minimum Gasteiger partial charge on any atom is -0.303 e. The van der Waals surface area contributed by atoms with Gasteiger partial charge in [-0.05, 0) is 42.7 Å². The number of aromatic nitrogens is 4. The van der Waals surface area contributed by atoms with Gasteiger partial charge in [0.05, 0.1) is 29.4 Å². The first-order valence-electron chi connectivity index (χ1n) is 11.8. The third-order valence-corrected chi connectivity index (χ3v) is 6.33. The van der Waals surface area contributed by atoms with Gasteiger partial charge in [-0.1, -0.05) is 48.5 Å². The van der Waals surface area contributed by atoms with Crippen molar-refractivity contribution in [3.8, 4) is 17.2 Å². The van der Waals surface area contributed by atoms with Crippen molar-refractivity contribution in [1.82, 2.24) is 24.5 Å². The molecule has 36 heavy (non-hydrogen) atoms. The molecule has 7 heteroatoms. The summed E-state index contributed by atoms with van der Waals surface area (Å²) in [5, 5.41) is 16.7. The number of nitriles is 1. The van der Waals surface area contributed by atoms with E-state index >= 15 is 0 Å². The van der Waals surface area contributed by atoms with Crippen LogP contribution in [0.1, 0.15) is 39.0 Å². The summed E-state index contributed by atoms with van der Waals surface area (Å²) in [4.78, 5) is 18.6. The minimum atomic E-state index is -0.527. The fourth-order valence-electron chi connectivity index (χ4n) is 4.41. The van der Waals surface area contributed by atoms with Crippen molar-refractivity contribution in [2.75, 3.05) is 6.54 Å². The molecule has 5 aromatic rings. The molecule has 5 rings (SSSR count). The van der Waals surface area contributed by atoms with Crippen LogP contribution in [0.2, 0.25) is 0 Å². The minimum absolute atomic E-state index is 0.0687. The van der Waals surface area contributed by atoms with Crippen LogP contribution >= 0.6 is 0 Å². The van der Waals surface area contributed by atoms with E-state index in [1.807, 2.05) is 104 Å². The molecule has 0 saturated carbocycles. The average molecular weight is 475 g/mol. The van der Waals surface area contributed by atoms with Crippen molar-refractivity contribution in [3.63, 3.8) is 0 Å². The molecule has 0 radical (unpaired) electrons. The van der Waals surface area contributed by atoms with Crippen LogP contribution < -0.4 is 5.32 Å². The van der Waals surface area contributed by atoms with Gasteiger partial charge in [0.2, 0.25) is 5.78 Å². The summed E-state index contributed by atoms with van der Waals surface area (Å²) in [6.07, 6.45) is 6.52. The molecule has 3 heterocycles. The van der Waals surface area contributed by atoms with Crippen molar-refractivity contribution >= 4 is 11.3 Å². The highest BCUT2D eigenvalue weighted by molar-refractivity contribution is 6.04. The van der Waals surface area contributed by atoms with Crippen molar-refractivity contribution in [1.29, 1.82) is 5.26 Å². The number of ketones is 1. The molecule has 0 aliphatic carbocycles. The number of fused-ring (bicyclic) bond motifs is 1. The standard InChI is InChI=1S/C29H26N6O/c1-20-33-28(26-13-12-24(19-35(20)26)25-17-32-34(2)18-25)29(36)27(23-6-4-3-5-7-23)31-15-14-21-8-10-22(16-30)11-9-21/h3-13,17-19,27,31H,14-15H2,1-2H3. The second-order valence-corrected chi connectivity index (χ2v) is 8.80. The van der Waals surface area contributed by atoms with Crippen LogP contribution in [0.3, 0.4) is 0 Å². The molecule has 0 amide bonds. The Hall–Kier alpha value is -4.54. The lowest BCUT2D eigenvalue weighted by Crippen LogP contribution is -2.30. The van der Waals surface area contributed by atoms with Crippen LogP contribution in [0.4, 0.5) is 0 Å². The van der Waals surface area contributed by atoms with Crippen molar-refractivity contribution < 1.29 is 4.79 Å². The van der Waals surface area contributed by atoms with E-state index < -0.39 is 6.04 Å². The van der Waals surface area contributed by atoms with Crippen molar-refractivity contribution in [3.05, 3.63) is 114 Å². The first-order valence-corrected chi connectivity index (χ1v) is 11.8. The Morgan fingerprint density at radius 1 is 1.03 bits per heavy atom. The zero-order chi connectivity index (χ0) is 25.1. The smallest absolute Gasteiger partial charge is 0.204 e. The number of rotatable bonds is 8. The average Bonchev–Trinajstić information content (AvgIpc) is 3.50. The molecule has 178 valence electrons. The van der Waals surface area contributed by atoms with E-state index in [1.165, 1.54) is 0 Å². The molecule has 0 saturated heterocycles. The van der Waals surface area contributed by atoms with Gasteiger partial charge in [-0.15, -0.1) is 0 Å². The number of hydrogen-bond donors (Lipinski definition) is 1. The molecule has 1 unspecified atom stereocenters. The fraction of sp³-hybridized carbons (Fsp3) is 0.172. The molecule has 7 nitrogen and oxygen atoms in total. The quantitative estimate of drug-likeness (QED) is 0.330. The zero-order valence-electron chi connectivity index (χ0n) is 20.2. The summed E-state index contributed by atoms with van der Waals surface area (Å²) in [6, 6.07) is 22.8. The molecular weight excluding hydrogens is 448 g/mol. The third-order valence-electron chi connectivity index (χ3n) is 6.33. The molecule has 0 aliphatic rings. The Balaban J connectivity index is 1.42. The SMILES string of the molecule is Cc1nc(C(=O)C(NCCc2ccc(C#N)cc2)c2ccccc2)c2ccc(-c3cnn(C)c3)cn12. The zero-order valence-corrected chi connectivity index (χ0v) is 20.2. The molecule has 0 fully saturated rings. The highest BCUT2D eigenvalue weighted by Gasteiger charge is 2.26. The Bertz CT molecular complexity index is 1560. The van der Waals surface area contributed by atoms with Crippen LogP contribution in [0.5, 0.6) is 0 Å². The van der Waals surface area contributed by atoms with Gasteiger partial charge in [-0.2, -0.15) is 10.4 Å². The topological polar surface area (TPSA) is 88.0 Å². The highest BCUT2D eigenvalue weighted by atomic mass is 16.1. The Morgan fingerprint density at radius 3 is 2.50 bits per heavy atom. The van der Waals surface area contributed by atoms with Gasteiger partial charge in [0.15, 0.2) is 0 Å². The fourth-order valence-corrected chi connectivity index (χ4v) is 4.41. The monoisotopic (exact) mass is 474 g/mol. The number of carbonyl (C=O) groups is 1. The van der Waals surface area contributed by atoms with Crippen LogP contribution in [0.25, 0.3) is 16.6 Å². The van der Waals surface area contributed by atoms with Gasteiger partial charge < -0.3 is 9.72 Å². The van der Waals surface area contributed by atoms with Crippen molar-refractivity contribution in [2.24, 2.45) is 7.05 Å². The van der Waals surface area contributed by atoms with Gasteiger partial charge in [0.25, 0.3) is 0 Å². The molecular formula is C29H26N6O. The lowest BCUT2D eigenvalue weighted by atomic mass is 9.99. The van der Waals surface area contributed by atoms with E-state index in [-0.39, 0.29) is 5.78 Å². The number of nitrogens with one attached hydrogen (secondary N) is 1. The Labute approximate surface area is 209 Å². The van der Waals surface area contributed by atoms with E-state index in [4.69, 9.17) is 5.26 Å². The van der Waals surface area contributed by atoms with Gasteiger partial charge in [-0.3, -0.25) is 9.48 Å². The largest absolute Gasteiger partial charge is 0.303 e. The highest BCUT2D eigenvalue weighted by Crippen LogP contribution is 2.25. The maximum atomic E-state index is 13.9. The number of hydrogen-bond acceptors (Lipinski definition) is 5. The Morgan fingerprint density at radius 2 is 1.81 bits per heavy atom. The lowest BCUT2D eigenvalue weighted by Gasteiger charge is -2.18. The molecule has 3 aromatic heterocycles. The lowest BCUT2D eigenvalue weighted by molar-refractivity contribution is 0.0940. The summed E-state index contributed by atoms with van der Waals surface area (Å²) in [6.45, 7) is 2.51. The van der Waals surface area contributed by atoms with Crippen LogP contribution in [0.15, 0.2) is 85.3 Å². The summed E-state index contributed by atoms with van der Waals surface area (Å²) in [5.41, 5.74) is 5.88. The number of carbonyl (C=O) groups excluding carboxylic acids is 1.